The Balaban J connectivity index is 1.57. The molecule has 6 rings (SSSR count). The Kier molecular flexibility index (Phi) is 2.63. The second-order valence-corrected chi connectivity index (χ2v) is 8.22. The molecule has 3 atom stereocenters. The molecule has 1 N–H and O–H groups in total. The predicted octanol–water partition coefficient (Wildman–Crippen LogP) is 2.90. The normalized spacial score (nSPS) is 34.8. The molecule has 2 bridgehead atoms. The van der Waals surface area contributed by atoms with Gasteiger partial charge in [0, 0.05) is 24.7 Å². The molecule has 1 spiro atoms. The van der Waals surface area contributed by atoms with Gasteiger partial charge in [-0.05, 0) is 54.9 Å². The zero-order chi connectivity index (χ0) is 16.8. The Morgan fingerprint density at radius 3 is 3.00 bits per heavy atom. The summed E-state index contributed by atoms with van der Waals surface area (Å²) in [6.45, 7) is 2.33. The summed E-state index contributed by atoms with van der Waals surface area (Å²) in [6.07, 6.45) is 9.07. The Morgan fingerprint density at radius 1 is 1.32 bits per heavy atom. The average molecular weight is 337 g/mol. The molecular formula is C21H23NO3. The van der Waals surface area contributed by atoms with Crippen molar-refractivity contribution in [3.05, 3.63) is 46.7 Å². The van der Waals surface area contributed by atoms with E-state index in [2.05, 4.69) is 23.1 Å². The number of ether oxygens (including phenoxy) is 2. The zero-order valence-corrected chi connectivity index (χ0v) is 14.5. The molecule has 1 saturated carbocycles. The summed E-state index contributed by atoms with van der Waals surface area (Å²) in [5.74, 6) is 2.72. The van der Waals surface area contributed by atoms with Crippen LogP contribution in [0.2, 0.25) is 0 Å². The van der Waals surface area contributed by atoms with Gasteiger partial charge in [0.1, 0.15) is 5.76 Å². The molecule has 4 nitrogen and oxygen atoms in total. The van der Waals surface area contributed by atoms with Crippen molar-refractivity contribution in [2.45, 2.75) is 43.2 Å². The molecule has 0 radical (unpaired) electrons. The summed E-state index contributed by atoms with van der Waals surface area (Å²) < 4.78 is 12.0. The van der Waals surface area contributed by atoms with E-state index in [9.17, 15) is 5.11 Å². The van der Waals surface area contributed by atoms with Crippen molar-refractivity contribution in [3.63, 3.8) is 0 Å². The molecule has 2 heterocycles. The van der Waals surface area contributed by atoms with Crippen LogP contribution in [0.1, 0.15) is 30.4 Å². The summed E-state index contributed by atoms with van der Waals surface area (Å²) >= 11 is 0. The Bertz CT molecular complexity index is 838. The van der Waals surface area contributed by atoms with Crippen LogP contribution in [-0.2, 0) is 16.6 Å². The summed E-state index contributed by atoms with van der Waals surface area (Å²) in [7, 11) is 1.72. The van der Waals surface area contributed by atoms with Crippen molar-refractivity contribution < 1.29 is 14.6 Å². The number of hydrogen-bond acceptors (Lipinski definition) is 4. The van der Waals surface area contributed by atoms with E-state index >= 15 is 0 Å². The lowest BCUT2D eigenvalue weighted by Gasteiger charge is -2.53. The van der Waals surface area contributed by atoms with Gasteiger partial charge in [-0.1, -0.05) is 12.1 Å². The maximum atomic E-state index is 10.4. The number of hydrogen-bond donors (Lipinski definition) is 1. The van der Waals surface area contributed by atoms with Crippen molar-refractivity contribution in [2.75, 3.05) is 20.2 Å². The van der Waals surface area contributed by atoms with Gasteiger partial charge in [-0.25, -0.2) is 0 Å². The lowest BCUT2D eigenvalue weighted by Crippen LogP contribution is -2.59. The maximum absolute atomic E-state index is 10.4. The third-order valence-corrected chi connectivity index (χ3v) is 6.99. The SMILES string of the molecule is COC1=CC=C2[C@H]3Cc4ccc(O)c5c4[C@@]2(CCN3CC2CC2)[C@H]1O5. The number of nitrogens with zero attached hydrogens (tertiary/aromatic N) is 1. The Morgan fingerprint density at radius 2 is 2.20 bits per heavy atom. The van der Waals surface area contributed by atoms with Gasteiger partial charge in [-0.15, -0.1) is 0 Å². The molecule has 130 valence electrons. The van der Waals surface area contributed by atoms with Crippen molar-refractivity contribution >= 4 is 0 Å². The van der Waals surface area contributed by atoms with Gasteiger partial charge in [-0.2, -0.15) is 0 Å². The highest BCUT2D eigenvalue weighted by Crippen LogP contribution is 2.62. The van der Waals surface area contributed by atoms with E-state index in [-0.39, 0.29) is 17.3 Å². The van der Waals surface area contributed by atoms with Gasteiger partial charge in [0.2, 0.25) is 0 Å². The van der Waals surface area contributed by atoms with Gasteiger partial charge in [0.25, 0.3) is 0 Å². The van der Waals surface area contributed by atoms with Crippen molar-refractivity contribution in [1.29, 1.82) is 0 Å². The molecule has 4 heteroatoms. The molecule has 5 aliphatic rings. The maximum Gasteiger partial charge on any atom is 0.169 e. The van der Waals surface area contributed by atoms with E-state index in [1.165, 1.54) is 36.1 Å². The molecule has 3 aliphatic carbocycles. The molecule has 1 saturated heterocycles. The second kappa shape index (κ2) is 4.61. The van der Waals surface area contributed by atoms with Crippen LogP contribution in [0.5, 0.6) is 11.5 Å². The first-order chi connectivity index (χ1) is 12.2. The number of piperidine rings is 1. The molecule has 1 aromatic carbocycles. The summed E-state index contributed by atoms with van der Waals surface area (Å²) in [5.41, 5.74) is 3.90. The standard InChI is InChI=1S/C21H23NO3/c1-24-17-7-5-14-15-10-13-4-6-16(23)19-18(13)21(14,20(17)25-19)8-9-22(15)11-12-2-3-12/h4-7,12,15,20,23H,2-3,8-11H2,1H3/t15-,20+,21+/m1/s1. The fourth-order valence-corrected chi connectivity index (χ4v) is 5.70. The van der Waals surface area contributed by atoms with Gasteiger partial charge >= 0.3 is 0 Å². The number of phenolic OH excluding ortho intramolecular Hbond substituents is 1. The summed E-state index contributed by atoms with van der Waals surface area (Å²) in [6, 6.07) is 4.36. The zero-order valence-electron chi connectivity index (χ0n) is 14.5. The van der Waals surface area contributed by atoms with E-state index in [1.807, 2.05) is 0 Å². The van der Waals surface area contributed by atoms with E-state index in [4.69, 9.17) is 9.47 Å². The number of benzene rings is 1. The first-order valence-corrected chi connectivity index (χ1v) is 9.44. The molecule has 25 heavy (non-hydrogen) atoms. The highest BCUT2D eigenvalue weighted by molar-refractivity contribution is 5.67. The fourth-order valence-electron chi connectivity index (χ4n) is 5.70. The predicted molar refractivity (Wildman–Crippen MR) is 93.8 cm³/mol. The smallest absolute Gasteiger partial charge is 0.169 e. The minimum atomic E-state index is -0.146. The number of aromatic hydroxyl groups is 1. The Hall–Kier alpha value is -1.94. The highest BCUT2D eigenvalue weighted by Gasteiger charge is 2.62. The number of likely N-dealkylation sites (tertiary alicyclic amines) is 1. The van der Waals surface area contributed by atoms with Crippen LogP contribution in [0.25, 0.3) is 0 Å². The number of methoxy groups -OCH3 is 1. The van der Waals surface area contributed by atoms with Gasteiger partial charge < -0.3 is 14.6 Å². The van der Waals surface area contributed by atoms with E-state index < -0.39 is 0 Å². The van der Waals surface area contributed by atoms with Gasteiger partial charge in [0.05, 0.1) is 12.5 Å². The van der Waals surface area contributed by atoms with Crippen LogP contribution < -0.4 is 4.74 Å². The molecule has 0 amide bonds. The fraction of sp³-hybridized carbons (Fsp3) is 0.524. The first kappa shape index (κ1) is 14.3. The molecule has 2 aliphatic heterocycles. The number of allylic oxidation sites excluding steroid dienone is 2. The summed E-state index contributed by atoms with van der Waals surface area (Å²) in [4.78, 5) is 2.70. The van der Waals surface area contributed by atoms with Crippen LogP contribution in [0.15, 0.2) is 35.6 Å². The molecule has 0 unspecified atom stereocenters. The molecule has 0 aromatic heterocycles. The van der Waals surface area contributed by atoms with Crippen molar-refractivity contribution in [1.82, 2.24) is 4.90 Å². The van der Waals surface area contributed by atoms with Crippen LogP contribution in [0.3, 0.4) is 0 Å². The minimum Gasteiger partial charge on any atom is -0.504 e. The van der Waals surface area contributed by atoms with Gasteiger partial charge in [-0.3, -0.25) is 4.90 Å². The van der Waals surface area contributed by atoms with Crippen LogP contribution in [0.4, 0.5) is 0 Å². The minimum absolute atomic E-state index is 0.134. The first-order valence-electron chi connectivity index (χ1n) is 9.44. The van der Waals surface area contributed by atoms with Crippen LogP contribution >= 0.6 is 0 Å². The second-order valence-electron chi connectivity index (χ2n) is 8.22. The summed E-state index contributed by atoms with van der Waals surface area (Å²) in [5, 5.41) is 10.4. The lowest BCUT2D eigenvalue weighted by atomic mass is 9.57. The Labute approximate surface area is 147 Å². The topological polar surface area (TPSA) is 41.9 Å². The van der Waals surface area contributed by atoms with Crippen LogP contribution in [-0.4, -0.2) is 42.4 Å². The largest absolute Gasteiger partial charge is 0.504 e. The monoisotopic (exact) mass is 337 g/mol. The highest BCUT2D eigenvalue weighted by atomic mass is 16.5. The van der Waals surface area contributed by atoms with Gasteiger partial charge in [0.15, 0.2) is 17.6 Å². The third-order valence-electron chi connectivity index (χ3n) is 6.99. The van der Waals surface area contributed by atoms with E-state index in [0.29, 0.717) is 11.8 Å². The molecule has 2 fully saturated rings. The molecular weight excluding hydrogens is 314 g/mol. The number of phenols is 1. The lowest BCUT2D eigenvalue weighted by molar-refractivity contribution is 0.0625. The average Bonchev–Trinajstić information content (AvgIpc) is 3.37. The molecule has 1 aromatic rings. The van der Waals surface area contributed by atoms with Crippen molar-refractivity contribution in [3.8, 4) is 11.5 Å². The third kappa shape index (κ3) is 1.66. The van der Waals surface area contributed by atoms with E-state index in [0.717, 1.165) is 31.1 Å². The quantitative estimate of drug-likeness (QED) is 0.921. The van der Waals surface area contributed by atoms with Crippen molar-refractivity contribution in [2.24, 2.45) is 5.92 Å². The van der Waals surface area contributed by atoms with Crippen LogP contribution in [0, 0.1) is 5.92 Å². The number of rotatable bonds is 3. The van der Waals surface area contributed by atoms with E-state index in [1.54, 1.807) is 13.2 Å².